The third-order valence-corrected chi connectivity index (χ3v) is 5.84. The van der Waals surface area contributed by atoms with Gasteiger partial charge in [-0.2, -0.15) is 0 Å². The molecule has 2 N–H and O–H groups in total. The molecule has 0 radical (unpaired) electrons. The van der Waals surface area contributed by atoms with Gasteiger partial charge in [-0.15, -0.1) is 0 Å². The summed E-state index contributed by atoms with van der Waals surface area (Å²) in [4.78, 5) is 38.3. The van der Waals surface area contributed by atoms with Crippen molar-refractivity contribution in [3.63, 3.8) is 0 Å². The number of carboxylic acids is 1. The number of aryl methyl sites for hydroxylation is 1. The van der Waals surface area contributed by atoms with Gasteiger partial charge >= 0.3 is 5.97 Å². The van der Waals surface area contributed by atoms with E-state index in [4.69, 9.17) is 12.2 Å². The second-order valence-corrected chi connectivity index (χ2v) is 8.50. The lowest BCUT2D eigenvalue weighted by molar-refractivity contribution is -0.142. The van der Waals surface area contributed by atoms with Gasteiger partial charge in [0.2, 0.25) is 5.91 Å². The van der Waals surface area contributed by atoms with Crippen LogP contribution in [0.3, 0.4) is 0 Å². The summed E-state index contributed by atoms with van der Waals surface area (Å²) in [5.41, 5.74) is 2.76. The molecule has 8 heteroatoms. The Balaban J connectivity index is 1.65. The molecule has 2 aromatic rings. The molecule has 1 aliphatic rings. The van der Waals surface area contributed by atoms with E-state index in [2.05, 4.69) is 5.32 Å². The number of amides is 2. The van der Waals surface area contributed by atoms with Crippen molar-refractivity contribution in [3.05, 3.63) is 76.2 Å². The first-order chi connectivity index (χ1) is 14.3. The van der Waals surface area contributed by atoms with Crippen LogP contribution in [0.5, 0.6) is 0 Å². The molecule has 154 valence electrons. The maximum atomic E-state index is 12.7. The minimum atomic E-state index is -1.14. The number of carbonyl (C=O) groups excluding carboxylic acids is 2. The van der Waals surface area contributed by atoms with Crippen molar-refractivity contribution >= 4 is 52.2 Å². The Bertz CT molecular complexity index is 1000. The second-order valence-electron chi connectivity index (χ2n) is 6.83. The van der Waals surface area contributed by atoms with Crippen molar-refractivity contribution in [2.75, 3.05) is 6.54 Å². The zero-order valence-electron chi connectivity index (χ0n) is 16.2. The number of nitrogens with zero attached hydrogens (tertiary/aromatic N) is 1. The van der Waals surface area contributed by atoms with E-state index < -0.39 is 17.9 Å². The molecule has 1 heterocycles. The number of hydrogen-bond donors (Lipinski definition) is 2. The SMILES string of the molecule is Cc1ccc(/C=C2/SC(=S)N(CC(=O)N[C@@H](Cc3ccccc3)C(=O)O)C2=O)cc1. The smallest absolute Gasteiger partial charge is 0.326 e. The van der Waals surface area contributed by atoms with Gasteiger partial charge in [-0.25, -0.2) is 4.79 Å². The summed E-state index contributed by atoms with van der Waals surface area (Å²) >= 11 is 6.37. The molecule has 3 rings (SSSR count). The molecule has 2 amide bonds. The van der Waals surface area contributed by atoms with Crippen molar-refractivity contribution in [1.82, 2.24) is 10.2 Å². The van der Waals surface area contributed by atoms with Crippen LogP contribution in [-0.4, -0.2) is 44.7 Å². The fraction of sp³-hybridized carbons (Fsp3) is 0.182. The van der Waals surface area contributed by atoms with Crippen LogP contribution in [0.15, 0.2) is 59.5 Å². The normalized spacial score (nSPS) is 16.0. The Morgan fingerprint density at radius 2 is 1.83 bits per heavy atom. The molecule has 30 heavy (non-hydrogen) atoms. The number of nitrogens with one attached hydrogen (secondary N) is 1. The van der Waals surface area contributed by atoms with Gasteiger partial charge in [0.15, 0.2) is 0 Å². The fourth-order valence-electron chi connectivity index (χ4n) is 2.88. The first-order valence-corrected chi connectivity index (χ1v) is 10.4. The number of hydrogen-bond acceptors (Lipinski definition) is 5. The molecule has 0 aliphatic carbocycles. The van der Waals surface area contributed by atoms with Crippen LogP contribution in [0.2, 0.25) is 0 Å². The average molecular weight is 441 g/mol. The summed E-state index contributed by atoms with van der Waals surface area (Å²) < 4.78 is 0.267. The summed E-state index contributed by atoms with van der Waals surface area (Å²) in [6, 6.07) is 15.6. The molecule has 1 fully saturated rings. The van der Waals surface area contributed by atoms with Crippen LogP contribution in [0.25, 0.3) is 6.08 Å². The van der Waals surface area contributed by atoms with Gasteiger partial charge in [0.05, 0.1) is 4.91 Å². The fourth-order valence-corrected chi connectivity index (χ4v) is 4.14. The van der Waals surface area contributed by atoms with E-state index >= 15 is 0 Å². The second kappa shape index (κ2) is 9.69. The van der Waals surface area contributed by atoms with Gasteiger partial charge in [0.25, 0.3) is 5.91 Å². The lowest BCUT2D eigenvalue weighted by Gasteiger charge is -2.18. The van der Waals surface area contributed by atoms with Gasteiger partial charge in [0, 0.05) is 6.42 Å². The van der Waals surface area contributed by atoms with E-state index in [1.807, 2.05) is 37.3 Å². The third kappa shape index (κ3) is 5.55. The number of thioether (sulfide) groups is 1. The molecule has 6 nitrogen and oxygen atoms in total. The molecule has 0 saturated carbocycles. The Morgan fingerprint density at radius 1 is 1.17 bits per heavy atom. The molecule has 0 unspecified atom stereocenters. The summed E-state index contributed by atoms with van der Waals surface area (Å²) in [5.74, 6) is -2.08. The monoisotopic (exact) mass is 440 g/mol. The lowest BCUT2D eigenvalue weighted by Crippen LogP contribution is -2.47. The topological polar surface area (TPSA) is 86.7 Å². The lowest BCUT2D eigenvalue weighted by atomic mass is 10.1. The largest absolute Gasteiger partial charge is 0.480 e. The highest BCUT2D eigenvalue weighted by molar-refractivity contribution is 8.26. The van der Waals surface area contributed by atoms with Crippen LogP contribution in [0.4, 0.5) is 0 Å². The number of rotatable bonds is 7. The standard InChI is InChI=1S/C22H20N2O4S2/c1-14-7-9-16(10-8-14)12-18-20(26)24(22(29)30-18)13-19(25)23-17(21(27)28)11-15-5-3-2-4-6-15/h2-10,12,17H,11,13H2,1H3,(H,23,25)(H,27,28)/b18-12+/t17-/m0/s1. The predicted molar refractivity (Wildman–Crippen MR) is 121 cm³/mol. The number of aliphatic carboxylic acids is 1. The summed E-state index contributed by atoms with van der Waals surface area (Å²) in [6.07, 6.45) is 1.87. The van der Waals surface area contributed by atoms with E-state index in [-0.39, 0.29) is 23.2 Å². The maximum Gasteiger partial charge on any atom is 0.326 e. The predicted octanol–water partition coefficient (Wildman–Crippen LogP) is 3.01. The van der Waals surface area contributed by atoms with Crippen molar-refractivity contribution in [3.8, 4) is 0 Å². The zero-order chi connectivity index (χ0) is 21.7. The minimum Gasteiger partial charge on any atom is -0.480 e. The molecule has 2 aromatic carbocycles. The van der Waals surface area contributed by atoms with Gasteiger partial charge in [0.1, 0.15) is 16.9 Å². The minimum absolute atomic E-state index is 0.146. The molecular formula is C22H20N2O4S2. The van der Waals surface area contributed by atoms with Crippen molar-refractivity contribution < 1.29 is 19.5 Å². The van der Waals surface area contributed by atoms with Gasteiger partial charge in [-0.1, -0.05) is 84.1 Å². The maximum absolute atomic E-state index is 12.7. The summed E-state index contributed by atoms with van der Waals surface area (Å²) in [7, 11) is 0. The van der Waals surface area contributed by atoms with Gasteiger partial charge < -0.3 is 10.4 Å². The van der Waals surface area contributed by atoms with Crippen LogP contribution in [0, 0.1) is 6.92 Å². The summed E-state index contributed by atoms with van der Waals surface area (Å²) in [5, 5.41) is 11.9. The number of thiocarbonyl (C=S) groups is 1. The number of carbonyl (C=O) groups is 3. The molecule has 0 spiro atoms. The Kier molecular flexibility index (Phi) is 7.02. The van der Waals surface area contributed by atoms with Crippen molar-refractivity contribution in [1.29, 1.82) is 0 Å². The Labute approximate surface area is 184 Å². The molecular weight excluding hydrogens is 420 g/mol. The highest BCUT2D eigenvalue weighted by Crippen LogP contribution is 2.32. The molecule has 0 bridgehead atoms. The zero-order valence-corrected chi connectivity index (χ0v) is 17.8. The number of benzene rings is 2. The summed E-state index contributed by atoms with van der Waals surface area (Å²) in [6.45, 7) is 1.65. The van der Waals surface area contributed by atoms with Gasteiger partial charge in [-0.05, 0) is 24.1 Å². The highest BCUT2D eigenvalue weighted by Gasteiger charge is 2.34. The van der Waals surface area contributed by atoms with Crippen LogP contribution in [0.1, 0.15) is 16.7 Å². The molecule has 1 saturated heterocycles. The van der Waals surface area contributed by atoms with E-state index in [0.717, 1.165) is 28.5 Å². The van der Waals surface area contributed by atoms with E-state index in [0.29, 0.717) is 4.91 Å². The first-order valence-electron chi connectivity index (χ1n) is 9.21. The average Bonchev–Trinajstić information content (AvgIpc) is 2.97. The quantitative estimate of drug-likeness (QED) is 0.509. The van der Waals surface area contributed by atoms with E-state index in [1.165, 1.54) is 4.90 Å². The van der Waals surface area contributed by atoms with E-state index in [9.17, 15) is 19.5 Å². The molecule has 1 atom stereocenters. The van der Waals surface area contributed by atoms with Gasteiger partial charge in [-0.3, -0.25) is 14.5 Å². The van der Waals surface area contributed by atoms with Crippen LogP contribution >= 0.6 is 24.0 Å². The highest BCUT2D eigenvalue weighted by atomic mass is 32.2. The van der Waals surface area contributed by atoms with Crippen molar-refractivity contribution in [2.45, 2.75) is 19.4 Å². The van der Waals surface area contributed by atoms with Crippen LogP contribution < -0.4 is 5.32 Å². The van der Waals surface area contributed by atoms with Crippen molar-refractivity contribution in [2.24, 2.45) is 0 Å². The number of carboxylic acid groups (broad SMARTS) is 1. The molecule has 1 aliphatic heterocycles. The van der Waals surface area contributed by atoms with E-state index in [1.54, 1.807) is 30.3 Å². The van der Waals surface area contributed by atoms with Crippen LogP contribution in [-0.2, 0) is 20.8 Å². The first kappa shape index (κ1) is 21.7. The molecule has 0 aromatic heterocycles. The Morgan fingerprint density at radius 3 is 2.47 bits per heavy atom. The third-order valence-electron chi connectivity index (χ3n) is 4.47. The Hall–Kier alpha value is -2.97.